The summed E-state index contributed by atoms with van der Waals surface area (Å²) < 4.78 is 36.1. The van der Waals surface area contributed by atoms with E-state index in [1.165, 1.54) is 6.07 Å². The van der Waals surface area contributed by atoms with E-state index in [2.05, 4.69) is 5.32 Å². The molecule has 2 radical (unpaired) electrons. The van der Waals surface area contributed by atoms with Gasteiger partial charge in [-0.15, -0.1) is 0 Å². The molecule has 1 N–H and O–H groups in total. The van der Waals surface area contributed by atoms with Crippen LogP contribution in [0.4, 0.5) is 18.9 Å². The molecule has 0 spiro atoms. The Kier molecular flexibility index (Phi) is 3.22. The van der Waals surface area contributed by atoms with Crippen LogP contribution < -0.4 is 10.8 Å². The quantitative estimate of drug-likeness (QED) is 0.699. The second kappa shape index (κ2) is 4.21. The van der Waals surface area contributed by atoms with Crippen molar-refractivity contribution >= 4 is 19.0 Å². The van der Waals surface area contributed by atoms with Crippen LogP contribution in [0.3, 0.4) is 0 Å². The number of rotatable bonds is 3. The smallest absolute Gasteiger partial charge is 0.255 e. The van der Waals surface area contributed by atoms with Gasteiger partial charge in [-0.25, -0.2) is 13.2 Å². The highest BCUT2D eigenvalue weighted by atomic mass is 19.3. The minimum Gasteiger partial charge on any atom is -0.379 e. The van der Waals surface area contributed by atoms with Crippen molar-refractivity contribution in [2.75, 3.05) is 11.9 Å². The average molecular weight is 185 g/mol. The summed E-state index contributed by atoms with van der Waals surface area (Å²) in [5, 5.41) is 2.36. The second-order valence-corrected chi connectivity index (χ2v) is 2.55. The summed E-state index contributed by atoms with van der Waals surface area (Å²) in [5.41, 5.74) is 0.467. The molecule has 68 valence electrons. The maximum Gasteiger partial charge on any atom is 0.255 e. The van der Waals surface area contributed by atoms with Gasteiger partial charge in [0.05, 0.1) is 6.54 Å². The average Bonchev–Trinajstić information content (AvgIpc) is 1.99. The number of hydrogen-bond donors (Lipinski definition) is 1. The molecule has 0 aliphatic carbocycles. The van der Waals surface area contributed by atoms with Gasteiger partial charge < -0.3 is 5.32 Å². The molecule has 5 heteroatoms. The Labute approximate surface area is 75.4 Å². The zero-order chi connectivity index (χ0) is 9.84. The SMILES string of the molecule is [B]c1cc(F)cc(NCC(F)F)c1. The number of hydrogen-bond acceptors (Lipinski definition) is 1. The first-order valence-corrected chi connectivity index (χ1v) is 3.66. The van der Waals surface area contributed by atoms with Crippen molar-refractivity contribution in [3.8, 4) is 0 Å². The van der Waals surface area contributed by atoms with Gasteiger partial charge >= 0.3 is 0 Å². The molecule has 0 amide bonds. The van der Waals surface area contributed by atoms with E-state index in [9.17, 15) is 13.2 Å². The Morgan fingerprint density at radius 2 is 2.00 bits per heavy atom. The van der Waals surface area contributed by atoms with Crippen molar-refractivity contribution in [2.45, 2.75) is 6.43 Å². The van der Waals surface area contributed by atoms with Crippen molar-refractivity contribution in [1.82, 2.24) is 0 Å². The van der Waals surface area contributed by atoms with Crippen LogP contribution in [-0.4, -0.2) is 20.8 Å². The summed E-state index contributed by atoms with van der Waals surface area (Å²) in [6.45, 7) is -0.511. The Bertz CT molecular complexity index is 270. The lowest BCUT2D eigenvalue weighted by Crippen LogP contribution is -2.12. The van der Waals surface area contributed by atoms with Gasteiger partial charge in [-0.3, -0.25) is 0 Å². The van der Waals surface area contributed by atoms with Crippen molar-refractivity contribution in [3.63, 3.8) is 0 Å². The maximum absolute atomic E-state index is 12.6. The molecule has 0 saturated carbocycles. The van der Waals surface area contributed by atoms with Crippen LogP contribution >= 0.6 is 0 Å². The van der Waals surface area contributed by atoms with Crippen LogP contribution in [0.25, 0.3) is 0 Å². The van der Waals surface area contributed by atoms with Crippen molar-refractivity contribution in [3.05, 3.63) is 24.0 Å². The van der Waals surface area contributed by atoms with Crippen LogP contribution in [0.5, 0.6) is 0 Å². The highest BCUT2D eigenvalue weighted by Crippen LogP contribution is 2.07. The molecule has 0 saturated heterocycles. The van der Waals surface area contributed by atoms with Crippen molar-refractivity contribution < 1.29 is 13.2 Å². The highest BCUT2D eigenvalue weighted by molar-refractivity contribution is 6.32. The number of anilines is 1. The molecule has 0 aliphatic rings. The lowest BCUT2D eigenvalue weighted by Gasteiger charge is -2.06. The first kappa shape index (κ1) is 9.96. The standard InChI is InChI=1S/C8H7BF3N/c9-5-1-6(10)3-7(2-5)13-4-8(11)12/h1-3,8,13H,4H2. The van der Waals surface area contributed by atoms with Crippen LogP contribution in [0, 0.1) is 5.82 Å². The lowest BCUT2D eigenvalue weighted by molar-refractivity contribution is 0.163. The first-order chi connectivity index (χ1) is 6.08. The predicted octanol–water partition coefficient (Wildman–Crippen LogP) is 1.30. The topological polar surface area (TPSA) is 12.0 Å². The minimum absolute atomic E-state index is 0.205. The van der Waals surface area contributed by atoms with Gasteiger partial charge in [0, 0.05) is 5.69 Å². The molecule has 0 fully saturated rings. The highest BCUT2D eigenvalue weighted by Gasteiger charge is 2.02. The second-order valence-electron chi connectivity index (χ2n) is 2.55. The monoisotopic (exact) mass is 185 g/mol. The molecule has 1 nitrogen and oxygen atoms in total. The van der Waals surface area contributed by atoms with Crippen molar-refractivity contribution in [1.29, 1.82) is 0 Å². The predicted molar refractivity (Wildman–Crippen MR) is 46.3 cm³/mol. The molecule has 0 aliphatic heterocycles. The third kappa shape index (κ3) is 3.40. The van der Waals surface area contributed by atoms with Gasteiger partial charge in [-0.2, -0.15) is 0 Å². The van der Waals surface area contributed by atoms with E-state index in [4.69, 9.17) is 7.85 Å². The molecule has 0 bridgehead atoms. The number of alkyl halides is 2. The maximum atomic E-state index is 12.6. The van der Waals surface area contributed by atoms with Gasteiger partial charge in [-0.1, -0.05) is 5.46 Å². The van der Waals surface area contributed by atoms with E-state index in [0.29, 0.717) is 0 Å². The van der Waals surface area contributed by atoms with Crippen LogP contribution in [-0.2, 0) is 0 Å². The molecule has 1 aromatic rings. The number of benzene rings is 1. The third-order valence-corrected chi connectivity index (χ3v) is 1.38. The fraction of sp³-hybridized carbons (Fsp3) is 0.250. The molecule has 1 aromatic carbocycles. The molecular formula is C8H7BF3N. The largest absolute Gasteiger partial charge is 0.379 e. The minimum atomic E-state index is -2.47. The Balaban J connectivity index is 2.66. The fourth-order valence-electron chi connectivity index (χ4n) is 0.909. The molecule has 0 heterocycles. The lowest BCUT2D eigenvalue weighted by atomic mass is 9.96. The molecule has 0 aromatic heterocycles. The van der Waals surface area contributed by atoms with Gasteiger partial charge in [0.1, 0.15) is 13.7 Å². The zero-order valence-corrected chi connectivity index (χ0v) is 6.73. The van der Waals surface area contributed by atoms with E-state index < -0.39 is 18.8 Å². The summed E-state index contributed by atoms with van der Waals surface area (Å²) in [6.07, 6.45) is -2.47. The molecule has 1 rings (SSSR count). The summed E-state index contributed by atoms with van der Waals surface area (Å²) >= 11 is 0. The van der Waals surface area contributed by atoms with E-state index in [1.54, 1.807) is 0 Å². The van der Waals surface area contributed by atoms with E-state index in [1.807, 2.05) is 0 Å². The Morgan fingerprint density at radius 1 is 1.31 bits per heavy atom. The number of halogens is 3. The Hall–Kier alpha value is -1.13. The van der Waals surface area contributed by atoms with Crippen LogP contribution in [0.1, 0.15) is 0 Å². The summed E-state index contributed by atoms with van der Waals surface area (Å²) in [6, 6.07) is 3.62. The fourth-order valence-corrected chi connectivity index (χ4v) is 0.909. The zero-order valence-electron chi connectivity index (χ0n) is 6.73. The van der Waals surface area contributed by atoms with Crippen molar-refractivity contribution in [2.24, 2.45) is 0 Å². The summed E-state index contributed by atoms with van der Waals surface area (Å²) in [7, 11) is 5.30. The number of nitrogens with one attached hydrogen (secondary N) is 1. The van der Waals surface area contributed by atoms with E-state index in [-0.39, 0.29) is 11.2 Å². The first-order valence-electron chi connectivity index (χ1n) is 3.66. The Morgan fingerprint density at radius 3 is 2.54 bits per heavy atom. The van der Waals surface area contributed by atoms with Gasteiger partial charge in [-0.05, 0) is 18.2 Å². The molecular weight excluding hydrogens is 178 g/mol. The molecule has 13 heavy (non-hydrogen) atoms. The van der Waals surface area contributed by atoms with E-state index >= 15 is 0 Å². The van der Waals surface area contributed by atoms with Crippen LogP contribution in [0.15, 0.2) is 18.2 Å². The molecule has 0 unspecified atom stereocenters. The molecule has 0 atom stereocenters. The third-order valence-electron chi connectivity index (χ3n) is 1.38. The normalized spacial score (nSPS) is 10.5. The van der Waals surface area contributed by atoms with E-state index in [0.717, 1.165) is 12.1 Å². The van der Waals surface area contributed by atoms with Gasteiger partial charge in [0.2, 0.25) is 0 Å². The van der Waals surface area contributed by atoms with Crippen LogP contribution in [0.2, 0.25) is 0 Å². The van der Waals surface area contributed by atoms with Gasteiger partial charge in [0.15, 0.2) is 0 Å². The summed E-state index contributed by atoms with van der Waals surface area (Å²) in [4.78, 5) is 0. The van der Waals surface area contributed by atoms with Gasteiger partial charge in [0.25, 0.3) is 6.43 Å². The summed E-state index contributed by atoms with van der Waals surface area (Å²) in [5.74, 6) is -0.545.